The maximum absolute atomic E-state index is 3.26. The summed E-state index contributed by atoms with van der Waals surface area (Å²) in [7, 11) is 0. The number of H-pyrrole nitrogens is 1. The van der Waals surface area contributed by atoms with Crippen molar-refractivity contribution in [2.45, 2.75) is 19.3 Å². The molecule has 2 unspecified atom stereocenters. The van der Waals surface area contributed by atoms with Gasteiger partial charge < -0.3 is 4.98 Å². The van der Waals surface area contributed by atoms with Crippen LogP contribution in [0.5, 0.6) is 0 Å². The fraction of sp³-hybridized carbons (Fsp3) is 0.333. The highest BCUT2D eigenvalue weighted by atomic mass is 14.7. The Kier molecular flexibility index (Phi) is 1.32. The van der Waals surface area contributed by atoms with E-state index in [1.165, 1.54) is 22.9 Å². The summed E-state index contributed by atoms with van der Waals surface area (Å²) in [5.74, 6) is 1.71. The molecule has 1 aromatic carbocycles. The van der Waals surface area contributed by atoms with Crippen LogP contribution in [0.1, 0.15) is 24.8 Å². The van der Waals surface area contributed by atoms with E-state index in [-0.39, 0.29) is 0 Å². The lowest BCUT2D eigenvalue weighted by Crippen LogP contribution is -1.81. The molecule has 1 aromatic heterocycles. The minimum absolute atomic E-state index is 0.819. The summed E-state index contributed by atoms with van der Waals surface area (Å²) in [6, 6.07) is 8.76. The van der Waals surface area contributed by atoms with Gasteiger partial charge in [-0.2, -0.15) is 0 Å². The van der Waals surface area contributed by atoms with Crippen LogP contribution in [0.4, 0.5) is 0 Å². The Morgan fingerprint density at radius 1 is 1.31 bits per heavy atom. The van der Waals surface area contributed by atoms with Gasteiger partial charge in [0.2, 0.25) is 0 Å². The molecule has 1 N–H and O–H groups in total. The zero-order chi connectivity index (χ0) is 8.84. The van der Waals surface area contributed by atoms with Crippen molar-refractivity contribution in [3.05, 3.63) is 36.0 Å². The standard InChI is InChI=1S/C12H13N/c1-8-7-11(8)9-3-2-4-12-10(9)5-6-13-12/h2-6,8,11,13H,7H2,1H3. The van der Waals surface area contributed by atoms with E-state index in [0.29, 0.717) is 0 Å². The molecule has 1 heterocycles. The van der Waals surface area contributed by atoms with Gasteiger partial charge in [0, 0.05) is 17.1 Å². The quantitative estimate of drug-likeness (QED) is 0.677. The molecule has 1 nitrogen and oxygen atoms in total. The first-order valence-corrected chi connectivity index (χ1v) is 4.92. The lowest BCUT2D eigenvalue weighted by atomic mass is 10.1. The van der Waals surface area contributed by atoms with Crippen LogP contribution in [0.3, 0.4) is 0 Å². The van der Waals surface area contributed by atoms with E-state index < -0.39 is 0 Å². The molecule has 1 aliphatic carbocycles. The summed E-state index contributed by atoms with van der Waals surface area (Å²) in [6.07, 6.45) is 3.39. The van der Waals surface area contributed by atoms with E-state index in [2.05, 4.69) is 36.2 Å². The molecule has 3 rings (SSSR count). The van der Waals surface area contributed by atoms with Gasteiger partial charge in [0.25, 0.3) is 0 Å². The van der Waals surface area contributed by atoms with Crippen molar-refractivity contribution in [1.29, 1.82) is 0 Å². The molecule has 1 heteroatoms. The first-order valence-electron chi connectivity index (χ1n) is 4.92. The van der Waals surface area contributed by atoms with Crippen molar-refractivity contribution in [3.63, 3.8) is 0 Å². The van der Waals surface area contributed by atoms with Gasteiger partial charge in [0.1, 0.15) is 0 Å². The van der Waals surface area contributed by atoms with Crippen molar-refractivity contribution in [1.82, 2.24) is 4.98 Å². The average molecular weight is 171 g/mol. The van der Waals surface area contributed by atoms with Crippen molar-refractivity contribution in [2.24, 2.45) is 5.92 Å². The number of benzene rings is 1. The van der Waals surface area contributed by atoms with Crippen LogP contribution < -0.4 is 0 Å². The van der Waals surface area contributed by atoms with Gasteiger partial charge in [0.05, 0.1) is 0 Å². The summed E-state index contributed by atoms with van der Waals surface area (Å²) in [4.78, 5) is 3.26. The van der Waals surface area contributed by atoms with E-state index >= 15 is 0 Å². The van der Waals surface area contributed by atoms with Crippen LogP contribution in [0.25, 0.3) is 10.9 Å². The minimum Gasteiger partial charge on any atom is -0.361 e. The summed E-state index contributed by atoms with van der Waals surface area (Å²) in [5, 5.41) is 1.41. The van der Waals surface area contributed by atoms with Crippen molar-refractivity contribution >= 4 is 10.9 Å². The minimum atomic E-state index is 0.819. The average Bonchev–Trinajstić information content (AvgIpc) is 2.66. The fourth-order valence-corrected chi connectivity index (χ4v) is 2.19. The van der Waals surface area contributed by atoms with E-state index in [1.54, 1.807) is 0 Å². The smallest absolute Gasteiger partial charge is 0.0456 e. The molecular weight excluding hydrogens is 158 g/mol. The molecule has 0 amide bonds. The molecule has 0 saturated heterocycles. The van der Waals surface area contributed by atoms with Crippen molar-refractivity contribution in [2.75, 3.05) is 0 Å². The summed E-state index contributed by atoms with van der Waals surface area (Å²) in [6.45, 7) is 2.33. The Balaban J connectivity index is 2.22. The third kappa shape index (κ3) is 0.998. The van der Waals surface area contributed by atoms with Gasteiger partial charge in [-0.25, -0.2) is 0 Å². The maximum Gasteiger partial charge on any atom is 0.0456 e. The summed E-state index contributed by atoms with van der Waals surface area (Å²) >= 11 is 0. The van der Waals surface area contributed by atoms with Crippen LogP contribution in [0.15, 0.2) is 30.5 Å². The molecule has 1 aliphatic rings. The highest BCUT2D eigenvalue weighted by Gasteiger charge is 2.34. The Bertz CT molecular complexity index is 441. The molecule has 66 valence electrons. The highest BCUT2D eigenvalue weighted by Crippen LogP contribution is 2.48. The summed E-state index contributed by atoms with van der Waals surface area (Å²) < 4.78 is 0. The second-order valence-electron chi connectivity index (χ2n) is 4.11. The van der Waals surface area contributed by atoms with Crippen LogP contribution in [-0.2, 0) is 0 Å². The third-order valence-electron chi connectivity index (χ3n) is 3.14. The lowest BCUT2D eigenvalue weighted by molar-refractivity contribution is 0.920. The van der Waals surface area contributed by atoms with Crippen LogP contribution in [0.2, 0.25) is 0 Å². The maximum atomic E-state index is 3.26. The van der Waals surface area contributed by atoms with E-state index in [1.807, 2.05) is 6.20 Å². The number of nitrogens with one attached hydrogen (secondary N) is 1. The van der Waals surface area contributed by atoms with E-state index in [9.17, 15) is 0 Å². The predicted molar refractivity (Wildman–Crippen MR) is 54.8 cm³/mol. The molecule has 2 atom stereocenters. The topological polar surface area (TPSA) is 15.8 Å². The van der Waals surface area contributed by atoms with Crippen LogP contribution >= 0.6 is 0 Å². The van der Waals surface area contributed by atoms with Gasteiger partial charge >= 0.3 is 0 Å². The van der Waals surface area contributed by atoms with Gasteiger partial charge in [-0.05, 0) is 36.0 Å². The largest absolute Gasteiger partial charge is 0.361 e. The van der Waals surface area contributed by atoms with Gasteiger partial charge in [-0.1, -0.05) is 19.1 Å². The predicted octanol–water partition coefficient (Wildman–Crippen LogP) is 3.29. The van der Waals surface area contributed by atoms with Gasteiger partial charge in [-0.3, -0.25) is 0 Å². The van der Waals surface area contributed by atoms with E-state index in [4.69, 9.17) is 0 Å². The number of hydrogen-bond acceptors (Lipinski definition) is 0. The van der Waals surface area contributed by atoms with E-state index in [0.717, 1.165) is 11.8 Å². The number of aromatic nitrogens is 1. The van der Waals surface area contributed by atoms with Crippen molar-refractivity contribution < 1.29 is 0 Å². The number of fused-ring (bicyclic) bond motifs is 1. The van der Waals surface area contributed by atoms with Gasteiger partial charge in [-0.15, -0.1) is 0 Å². The molecule has 0 radical (unpaired) electrons. The van der Waals surface area contributed by atoms with Crippen LogP contribution in [0, 0.1) is 5.92 Å². The molecule has 13 heavy (non-hydrogen) atoms. The van der Waals surface area contributed by atoms with Crippen molar-refractivity contribution in [3.8, 4) is 0 Å². The monoisotopic (exact) mass is 171 g/mol. The SMILES string of the molecule is CC1CC1c1cccc2[nH]ccc12. The number of rotatable bonds is 1. The molecular formula is C12H13N. The fourth-order valence-electron chi connectivity index (χ4n) is 2.19. The molecule has 1 fully saturated rings. The Morgan fingerprint density at radius 3 is 2.92 bits per heavy atom. The first kappa shape index (κ1) is 7.19. The normalized spacial score (nSPS) is 26.5. The molecule has 0 aliphatic heterocycles. The number of hydrogen-bond donors (Lipinski definition) is 1. The molecule has 1 saturated carbocycles. The first-order chi connectivity index (χ1) is 6.36. The zero-order valence-electron chi connectivity index (χ0n) is 7.75. The molecule has 2 aromatic rings. The second kappa shape index (κ2) is 2.38. The molecule has 0 bridgehead atoms. The zero-order valence-corrected chi connectivity index (χ0v) is 7.75. The third-order valence-corrected chi connectivity index (χ3v) is 3.14. The Labute approximate surface area is 77.8 Å². The van der Waals surface area contributed by atoms with Crippen LogP contribution in [-0.4, -0.2) is 4.98 Å². The summed E-state index contributed by atoms with van der Waals surface area (Å²) in [5.41, 5.74) is 2.81. The molecule has 0 spiro atoms. The lowest BCUT2D eigenvalue weighted by Gasteiger charge is -2.00. The highest BCUT2D eigenvalue weighted by molar-refractivity contribution is 5.83. The van der Waals surface area contributed by atoms with Gasteiger partial charge in [0.15, 0.2) is 0 Å². The second-order valence-corrected chi connectivity index (χ2v) is 4.11. The Hall–Kier alpha value is -1.24. The Morgan fingerprint density at radius 2 is 2.15 bits per heavy atom. The number of aromatic amines is 1.